The monoisotopic (exact) mass is 676 g/mol. The van der Waals surface area contributed by atoms with Gasteiger partial charge in [0.25, 0.3) is 5.91 Å². The number of hydrogen-bond acceptors (Lipinski definition) is 8. The quantitative estimate of drug-likeness (QED) is 0.185. The second-order valence-electron chi connectivity index (χ2n) is 12.6. The van der Waals surface area contributed by atoms with Crippen LogP contribution < -0.4 is 15.2 Å². The minimum absolute atomic E-state index is 0.107. The summed E-state index contributed by atoms with van der Waals surface area (Å²) in [4.78, 5) is 31.6. The van der Waals surface area contributed by atoms with Crippen molar-refractivity contribution in [1.29, 1.82) is 0 Å². The number of fused-ring (bicyclic) bond motifs is 1. The lowest BCUT2D eigenvalue weighted by molar-refractivity contribution is 0.0126. The molecule has 1 aliphatic rings. The number of benzene rings is 2. The van der Waals surface area contributed by atoms with Crippen LogP contribution in [0, 0.1) is 0 Å². The van der Waals surface area contributed by atoms with E-state index >= 15 is 0 Å². The predicted octanol–water partition coefficient (Wildman–Crippen LogP) is 7.16. The Morgan fingerprint density at radius 1 is 1.09 bits per heavy atom. The molecule has 4 heterocycles. The number of aromatic nitrogens is 4. The van der Waals surface area contributed by atoms with Crippen molar-refractivity contribution in [2.75, 3.05) is 13.1 Å². The first-order chi connectivity index (χ1) is 22.4. The number of halogens is 1. The van der Waals surface area contributed by atoms with Crippen molar-refractivity contribution in [3.63, 3.8) is 0 Å². The van der Waals surface area contributed by atoms with Crippen LogP contribution in [0.1, 0.15) is 61.9 Å². The van der Waals surface area contributed by atoms with E-state index in [4.69, 9.17) is 31.5 Å². The third kappa shape index (κ3) is 7.08. The SMILES string of the molecule is C[C@@H](Oc1cc(-n2cnc3cc(-c4cnn(C)c4)ccc32)sc1C(N)=O)c1cccc(OC2CCN(C(=O)OC(C)(C)C)CC2)c1Cl. The molecule has 0 spiro atoms. The number of primary amides is 1. The molecule has 2 N–H and O–H groups in total. The molecule has 47 heavy (non-hydrogen) atoms. The normalized spacial score (nSPS) is 14.7. The third-order valence-electron chi connectivity index (χ3n) is 7.85. The van der Waals surface area contributed by atoms with Crippen LogP contribution in [0.3, 0.4) is 0 Å². The number of piperidine rings is 1. The number of ether oxygens (including phenoxy) is 3. The fraction of sp³-hybridized carbons (Fsp3) is 0.353. The Morgan fingerprint density at radius 3 is 2.53 bits per heavy atom. The van der Waals surface area contributed by atoms with E-state index in [1.165, 1.54) is 11.3 Å². The second kappa shape index (κ2) is 12.9. The molecule has 0 radical (unpaired) electrons. The van der Waals surface area contributed by atoms with E-state index in [1.54, 1.807) is 22.0 Å². The van der Waals surface area contributed by atoms with Crippen molar-refractivity contribution in [1.82, 2.24) is 24.2 Å². The Morgan fingerprint density at radius 2 is 1.85 bits per heavy atom. The first kappa shape index (κ1) is 32.4. The molecule has 11 nitrogen and oxygen atoms in total. The fourth-order valence-corrected chi connectivity index (χ4v) is 6.78. The Kier molecular flexibility index (Phi) is 8.91. The average molecular weight is 677 g/mol. The second-order valence-corrected chi connectivity index (χ2v) is 14.0. The van der Waals surface area contributed by atoms with Gasteiger partial charge in [0.05, 0.1) is 22.3 Å². The van der Waals surface area contributed by atoms with E-state index in [0.717, 1.165) is 27.2 Å². The van der Waals surface area contributed by atoms with Gasteiger partial charge in [0, 0.05) is 56.4 Å². The van der Waals surface area contributed by atoms with Crippen LogP contribution in [0.2, 0.25) is 5.02 Å². The highest BCUT2D eigenvalue weighted by atomic mass is 35.5. The Hall–Kier alpha value is -4.55. The van der Waals surface area contributed by atoms with Crippen molar-refractivity contribution in [2.24, 2.45) is 12.8 Å². The van der Waals surface area contributed by atoms with Crippen LogP contribution in [0.15, 0.2) is 61.2 Å². The van der Waals surface area contributed by atoms with Gasteiger partial charge in [0.1, 0.15) is 45.5 Å². The van der Waals surface area contributed by atoms with Crippen molar-refractivity contribution in [3.8, 4) is 27.6 Å². The van der Waals surface area contributed by atoms with Crippen LogP contribution >= 0.6 is 22.9 Å². The largest absolute Gasteiger partial charge is 0.489 e. The van der Waals surface area contributed by atoms with Crippen LogP contribution in [0.4, 0.5) is 4.79 Å². The maximum Gasteiger partial charge on any atom is 0.410 e. The molecule has 5 aromatic rings. The molecule has 2 aromatic carbocycles. The van der Waals surface area contributed by atoms with Crippen LogP contribution in [-0.4, -0.2) is 61.0 Å². The average Bonchev–Trinajstić information content (AvgIpc) is 3.75. The van der Waals surface area contributed by atoms with Crippen LogP contribution in [0.25, 0.3) is 27.2 Å². The van der Waals surface area contributed by atoms with Crippen molar-refractivity contribution in [3.05, 3.63) is 76.6 Å². The molecule has 1 aliphatic heterocycles. The highest BCUT2D eigenvalue weighted by molar-refractivity contribution is 7.16. The van der Waals surface area contributed by atoms with E-state index in [9.17, 15) is 9.59 Å². The van der Waals surface area contributed by atoms with Crippen molar-refractivity contribution >= 4 is 46.0 Å². The van der Waals surface area contributed by atoms with Gasteiger partial charge in [-0.2, -0.15) is 5.10 Å². The number of thiophene rings is 1. The molecular weight excluding hydrogens is 640 g/mol. The Bertz CT molecular complexity index is 1930. The number of hydrogen-bond donors (Lipinski definition) is 1. The zero-order valence-corrected chi connectivity index (χ0v) is 28.5. The number of rotatable bonds is 8. The summed E-state index contributed by atoms with van der Waals surface area (Å²) in [7, 11) is 1.88. The molecule has 3 aromatic heterocycles. The molecule has 0 saturated carbocycles. The number of carbonyl (C=O) groups is 2. The van der Waals surface area contributed by atoms with Gasteiger partial charge in [0.15, 0.2) is 0 Å². The molecule has 246 valence electrons. The minimum atomic E-state index is -0.590. The van der Waals surface area contributed by atoms with Gasteiger partial charge >= 0.3 is 6.09 Å². The maximum absolute atomic E-state index is 12.5. The number of carbonyl (C=O) groups excluding carboxylic acids is 2. The number of nitrogens with two attached hydrogens (primary N) is 1. The van der Waals surface area contributed by atoms with Gasteiger partial charge in [-0.3, -0.25) is 14.0 Å². The van der Waals surface area contributed by atoms with Gasteiger partial charge in [-0.25, -0.2) is 9.78 Å². The molecule has 1 fully saturated rings. The zero-order chi connectivity index (χ0) is 33.5. The molecule has 0 unspecified atom stereocenters. The van der Waals surface area contributed by atoms with Gasteiger partial charge in [-0.05, 0) is 51.5 Å². The van der Waals surface area contributed by atoms with Gasteiger partial charge < -0.3 is 24.8 Å². The summed E-state index contributed by atoms with van der Waals surface area (Å²) in [5.41, 5.74) is 9.63. The summed E-state index contributed by atoms with van der Waals surface area (Å²) in [5, 5.41) is 5.42. The summed E-state index contributed by atoms with van der Waals surface area (Å²) in [6.07, 6.45) is 5.84. The van der Waals surface area contributed by atoms with Gasteiger partial charge in [0.2, 0.25) is 0 Å². The number of imidazole rings is 1. The van der Waals surface area contributed by atoms with Gasteiger partial charge in [-0.15, -0.1) is 11.3 Å². The highest BCUT2D eigenvalue weighted by Gasteiger charge is 2.29. The van der Waals surface area contributed by atoms with E-state index in [0.29, 0.717) is 52.9 Å². The molecule has 1 atom stereocenters. The molecular formula is C34H37ClN6O5S. The lowest BCUT2D eigenvalue weighted by atomic mass is 10.1. The van der Waals surface area contributed by atoms with Crippen LogP contribution in [0.5, 0.6) is 11.5 Å². The fourth-order valence-electron chi connectivity index (χ4n) is 5.53. The third-order valence-corrected chi connectivity index (χ3v) is 9.39. The van der Waals surface area contributed by atoms with Crippen molar-refractivity contribution < 1.29 is 23.8 Å². The highest BCUT2D eigenvalue weighted by Crippen LogP contribution is 2.39. The number of amides is 2. The topological polar surface area (TPSA) is 127 Å². The minimum Gasteiger partial charge on any atom is -0.489 e. The Balaban J connectivity index is 1.17. The van der Waals surface area contributed by atoms with Crippen LogP contribution in [-0.2, 0) is 11.8 Å². The summed E-state index contributed by atoms with van der Waals surface area (Å²) >= 11 is 8.09. The molecule has 0 aliphatic carbocycles. The predicted molar refractivity (Wildman–Crippen MR) is 182 cm³/mol. The number of aryl methyl sites for hydroxylation is 1. The van der Waals surface area contributed by atoms with Gasteiger partial charge in [-0.1, -0.05) is 29.8 Å². The smallest absolute Gasteiger partial charge is 0.410 e. The van der Waals surface area contributed by atoms with Crippen molar-refractivity contribution in [2.45, 2.75) is 58.3 Å². The lowest BCUT2D eigenvalue weighted by Crippen LogP contribution is -2.44. The summed E-state index contributed by atoms with van der Waals surface area (Å²) in [6.45, 7) is 8.49. The Labute approximate surface area is 281 Å². The van der Waals surface area contributed by atoms with E-state index < -0.39 is 17.6 Å². The lowest BCUT2D eigenvalue weighted by Gasteiger charge is -2.33. The molecule has 6 rings (SSSR count). The first-order valence-electron chi connectivity index (χ1n) is 15.4. The zero-order valence-electron chi connectivity index (χ0n) is 26.9. The molecule has 13 heteroatoms. The molecule has 1 saturated heterocycles. The van der Waals surface area contributed by atoms with E-state index in [1.807, 2.05) is 88.1 Å². The molecule has 2 amide bonds. The number of nitrogens with zero attached hydrogens (tertiary/aromatic N) is 5. The standard InChI is InChI=1S/C34H37ClN6O5S/c1-20(24-7-6-8-27(30(24)35)45-23-11-13-40(14-12-23)33(43)46-34(2,3)4)44-28-16-29(47-31(28)32(36)42)41-19-37-25-15-21(9-10-26(25)41)22-17-38-39(5)18-22/h6-10,15-20,23H,11-14H2,1-5H3,(H2,36,42)/t20-/m1/s1. The van der Waals surface area contributed by atoms with E-state index in [-0.39, 0.29) is 12.2 Å². The summed E-state index contributed by atoms with van der Waals surface area (Å²) in [5.74, 6) is 0.301. The number of likely N-dealkylation sites (tertiary alicyclic amines) is 1. The summed E-state index contributed by atoms with van der Waals surface area (Å²) in [6, 6.07) is 13.4. The van der Waals surface area contributed by atoms with E-state index in [2.05, 4.69) is 10.1 Å². The summed E-state index contributed by atoms with van der Waals surface area (Å²) < 4.78 is 21.8. The first-order valence-corrected chi connectivity index (χ1v) is 16.6. The molecule has 0 bridgehead atoms. The maximum atomic E-state index is 12.5.